The van der Waals surface area contributed by atoms with Crippen molar-refractivity contribution in [2.75, 3.05) is 7.11 Å². The number of nitriles is 2. The van der Waals surface area contributed by atoms with Crippen LogP contribution in [0.1, 0.15) is 16.7 Å². The smallest absolute Gasteiger partial charge is 0.416 e. The summed E-state index contributed by atoms with van der Waals surface area (Å²) in [6.07, 6.45) is -3.06. The number of ether oxygens (including phenoxy) is 2. The van der Waals surface area contributed by atoms with Crippen LogP contribution >= 0.6 is 0 Å². The summed E-state index contributed by atoms with van der Waals surface area (Å²) in [6, 6.07) is 13.0. The first kappa shape index (κ1) is 18.9. The van der Waals surface area contributed by atoms with Gasteiger partial charge in [0.25, 0.3) is 0 Å². The van der Waals surface area contributed by atoms with Crippen LogP contribution in [0, 0.1) is 22.7 Å². The van der Waals surface area contributed by atoms with Crippen LogP contribution in [0.15, 0.2) is 48.0 Å². The fourth-order valence-corrected chi connectivity index (χ4v) is 2.18. The average Bonchev–Trinajstić information content (AvgIpc) is 2.64. The summed E-state index contributed by atoms with van der Waals surface area (Å²) >= 11 is 0. The molecule has 0 saturated carbocycles. The molecule has 0 aliphatic carbocycles. The summed E-state index contributed by atoms with van der Waals surface area (Å²) in [4.78, 5) is 0. The lowest BCUT2D eigenvalue weighted by Gasteiger charge is -2.13. The Morgan fingerprint density at radius 1 is 1.12 bits per heavy atom. The molecule has 0 unspecified atom stereocenters. The minimum Gasteiger partial charge on any atom is -0.496 e. The van der Waals surface area contributed by atoms with Crippen LogP contribution in [0.25, 0.3) is 6.08 Å². The van der Waals surface area contributed by atoms with Crippen molar-refractivity contribution in [3.05, 3.63) is 64.7 Å². The number of hydrogen-bond acceptors (Lipinski definition) is 4. The minimum absolute atomic E-state index is 0.0411. The molecule has 2 aromatic carbocycles. The molecule has 2 aromatic rings. The van der Waals surface area contributed by atoms with Crippen LogP contribution in [0.3, 0.4) is 0 Å². The third kappa shape index (κ3) is 4.78. The van der Waals surface area contributed by atoms with Crippen molar-refractivity contribution >= 4 is 6.08 Å². The van der Waals surface area contributed by atoms with Gasteiger partial charge in [0.2, 0.25) is 0 Å². The first-order chi connectivity index (χ1) is 12.4. The van der Waals surface area contributed by atoms with E-state index in [0.29, 0.717) is 16.9 Å². The fourth-order valence-electron chi connectivity index (χ4n) is 2.18. The predicted molar refractivity (Wildman–Crippen MR) is 88.0 cm³/mol. The topological polar surface area (TPSA) is 66.0 Å². The Labute approximate surface area is 148 Å². The van der Waals surface area contributed by atoms with Crippen molar-refractivity contribution in [2.24, 2.45) is 0 Å². The number of rotatable bonds is 5. The quantitative estimate of drug-likeness (QED) is 0.725. The second-order valence-corrected chi connectivity index (χ2v) is 5.17. The molecule has 0 radical (unpaired) electrons. The number of alkyl halides is 3. The molecule has 26 heavy (non-hydrogen) atoms. The summed E-state index contributed by atoms with van der Waals surface area (Å²) in [5, 5.41) is 17.6. The number of allylic oxidation sites excluding steroid dienone is 1. The van der Waals surface area contributed by atoms with E-state index in [9.17, 15) is 13.2 Å². The van der Waals surface area contributed by atoms with Gasteiger partial charge in [-0.2, -0.15) is 23.7 Å². The summed E-state index contributed by atoms with van der Waals surface area (Å²) < 4.78 is 48.9. The molecule has 132 valence electrons. The first-order valence-corrected chi connectivity index (χ1v) is 7.36. The van der Waals surface area contributed by atoms with Crippen LogP contribution < -0.4 is 9.47 Å². The summed E-state index contributed by atoms with van der Waals surface area (Å²) in [6.45, 7) is -0.0411. The highest BCUT2D eigenvalue weighted by molar-refractivity contribution is 5.63. The molecule has 0 atom stereocenters. The second-order valence-electron chi connectivity index (χ2n) is 5.17. The van der Waals surface area contributed by atoms with Gasteiger partial charge in [0.15, 0.2) is 0 Å². The molecule has 4 nitrogen and oxygen atoms in total. The van der Waals surface area contributed by atoms with Gasteiger partial charge < -0.3 is 9.47 Å². The highest BCUT2D eigenvalue weighted by Gasteiger charge is 2.30. The van der Waals surface area contributed by atoms with Gasteiger partial charge in [-0.3, -0.25) is 0 Å². The highest BCUT2D eigenvalue weighted by Crippen LogP contribution is 2.32. The maximum Gasteiger partial charge on any atom is 0.416 e. The molecule has 0 amide bonds. The Hall–Kier alpha value is -3.45. The maximum absolute atomic E-state index is 12.8. The van der Waals surface area contributed by atoms with Gasteiger partial charge in [0, 0.05) is 5.56 Å². The molecule has 7 heteroatoms. The molecule has 0 bridgehead atoms. The summed E-state index contributed by atoms with van der Waals surface area (Å²) in [5.41, 5.74) is 0.270. The Kier molecular flexibility index (Phi) is 5.87. The van der Waals surface area contributed by atoms with Gasteiger partial charge in [-0.15, -0.1) is 0 Å². The van der Waals surface area contributed by atoms with E-state index in [0.717, 1.165) is 12.1 Å². The minimum atomic E-state index is -4.45. The van der Waals surface area contributed by atoms with Crippen molar-refractivity contribution in [1.29, 1.82) is 10.5 Å². The zero-order valence-electron chi connectivity index (χ0n) is 13.7. The van der Waals surface area contributed by atoms with Crippen LogP contribution in [0.5, 0.6) is 11.5 Å². The van der Waals surface area contributed by atoms with Gasteiger partial charge in [0.1, 0.15) is 35.8 Å². The monoisotopic (exact) mass is 358 g/mol. The highest BCUT2D eigenvalue weighted by atomic mass is 19.4. The van der Waals surface area contributed by atoms with E-state index in [4.69, 9.17) is 20.0 Å². The standard InChI is InChI=1S/C19H13F3N2O2/c1-25-18-6-5-13(7-14(10-23)11-24)8-15(18)12-26-17-4-2-3-16(9-17)19(20,21)22/h2-9H,12H2,1H3. The van der Waals surface area contributed by atoms with Crippen LogP contribution in [0.2, 0.25) is 0 Å². The largest absolute Gasteiger partial charge is 0.496 e. The molecule has 0 fully saturated rings. The number of benzene rings is 2. The van der Waals surface area contributed by atoms with Crippen LogP contribution in [-0.2, 0) is 12.8 Å². The van der Waals surface area contributed by atoms with Crippen molar-refractivity contribution in [3.63, 3.8) is 0 Å². The van der Waals surface area contributed by atoms with E-state index < -0.39 is 11.7 Å². The van der Waals surface area contributed by atoms with E-state index in [1.54, 1.807) is 30.3 Å². The van der Waals surface area contributed by atoms with E-state index in [1.807, 2.05) is 0 Å². The van der Waals surface area contributed by atoms with Gasteiger partial charge in [0.05, 0.1) is 12.7 Å². The van der Waals surface area contributed by atoms with Crippen LogP contribution in [0.4, 0.5) is 13.2 Å². The van der Waals surface area contributed by atoms with Crippen LogP contribution in [-0.4, -0.2) is 7.11 Å². The maximum atomic E-state index is 12.8. The lowest BCUT2D eigenvalue weighted by Crippen LogP contribution is -2.05. The number of nitrogens with zero attached hydrogens (tertiary/aromatic N) is 2. The van der Waals surface area contributed by atoms with Gasteiger partial charge in [-0.1, -0.05) is 12.1 Å². The second kappa shape index (κ2) is 8.09. The Balaban J connectivity index is 2.25. The zero-order chi connectivity index (χ0) is 19.2. The molecular weight excluding hydrogens is 345 g/mol. The third-order valence-electron chi connectivity index (χ3n) is 3.41. The number of hydrogen-bond donors (Lipinski definition) is 0. The molecule has 0 spiro atoms. The van der Waals surface area contributed by atoms with E-state index in [-0.39, 0.29) is 17.9 Å². The fraction of sp³-hybridized carbons (Fsp3) is 0.158. The lowest BCUT2D eigenvalue weighted by molar-refractivity contribution is -0.137. The Morgan fingerprint density at radius 2 is 1.85 bits per heavy atom. The average molecular weight is 358 g/mol. The number of methoxy groups -OCH3 is 1. The van der Waals surface area contributed by atoms with E-state index in [1.165, 1.54) is 25.3 Å². The number of halogens is 3. The molecule has 0 aliphatic heterocycles. The molecule has 0 aromatic heterocycles. The van der Waals surface area contributed by atoms with E-state index >= 15 is 0 Å². The SMILES string of the molecule is COc1ccc(C=C(C#N)C#N)cc1COc1cccc(C(F)(F)F)c1. The molecule has 2 rings (SSSR count). The van der Waals surface area contributed by atoms with Crippen molar-refractivity contribution in [2.45, 2.75) is 12.8 Å². The van der Waals surface area contributed by atoms with Gasteiger partial charge >= 0.3 is 6.18 Å². The lowest BCUT2D eigenvalue weighted by atomic mass is 10.1. The summed E-state index contributed by atoms with van der Waals surface area (Å²) in [7, 11) is 1.45. The van der Waals surface area contributed by atoms with Crippen molar-refractivity contribution in [1.82, 2.24) is 0 Å². The van der Waals surface area contributed by atoms with Crippen molar-refractivity contribution in [3.8, 4) is 23.6 Å². The van der Waals surface area contributed by atoms with Gasteiger partial charge in [-0.05, 0) is 42.0 Å². The van der Waals surface area contributed by atoms with Gasteiger partial charge in [-0.25, -0.2) is 0 Å². The zero-order valence-corrected chi connectivity index (χ0v) is 13.7. The molecule has 0 aliphatic rings. The Morgan fingerprint density at radius 3 is 2.46 bits per heavy atom. The third-order valence-corrected chi connectivity index (χ3v) is 3.41. The molecule has 0 saturated heterocycles. The van der Waals surface area contributed by atoms with Crippen molar-refractivity contribution < 1.29 is 22.6 Å². The molecular formula is C19H13F3N2O2. The summed E-state index contributed by atoms with van der Waals surface area (Å²) in [5.74, 6) is 0.544. The first-order valence-electron chi connectivity index (χ1n) is 7.36. The Bertz CT molecular complexity index is 890. The van der Waals surface area contributed by atoms with E-state index in [2.05, 4.69) is 0 Å². The molecule has 0 heterocycles. The normalized spacial score (nSPS) is 10.4. The predicted octanol–water partition coefficient (Wildman–Crippen LogP) is 4.72. The molecule has 0 N–H and O–H groups in total.